The number of thiazole rings is 1. The second kappa shape index (κ2) is 8.14. The summed E-state index contributed by atoms with van der Waals surface area (Å²) in [7, 11) is -4.00. The van der Waals surface area contributed by atoms with Crippen molar-refractivity contribution in [2.24, 2.45) is 5.14 Å². The summed E-state index contributed by atoms with van der Waals surface area (Å²) in [6.07, 6.45) is -6.17. The van der Waals surface area contributed by atoms with Gasteiger partial charge >= 0.3 is 12.4 Å². The third-order valence-corrected chi connectivity index (χ3v) is 6.74. The maximum absolute atomic E-state index is 13.4. The second-order valence-electron chi connectivity index (χ2n) is 6.71. The molecule has 0 unspecified atom stereocenters. The highest BCUT2D eigenvalue weighted by Crippen LogP contribution is 2.34. The predicted octanol–water partition coefficient (Wildman–Crippen LogP) is 4.14. The molecule has 16 heteroatoms. The van der Waals surface area contributed by atoms with Crippen LogP contribution in [0.1, 0.15) is 11.3 Å². The lowest BCUT2D eigenvalue weighted by atomic mass is 10.1. The van der Waals surface area contributed by atoms with E-state index in [4.69, 9.17) is 5.14 Å². The molecule has 0 aliphatic carbocycles. The third-order valence-electron chi connectivity index (χ3n) is 4.31. The van der Waals surface area contributed by atoms with Crippen LogP contribution >= 0.6 is 11.3 Å². The molecule has 0 fully saturated rings. The first kappa shape index (κ1) is 23.8. The highest BCUT2D eigenvalue weighted by atomic mass is 32.2. The molecule has 0 aliphatic rings. The molecule has 0 bridgehead atoms. The van der Waals surface area contributed by atoms with Crippen LogP contribution in [-0.2, 0) is 22.4 Å². The molecule has 0 amide bonds. The summed E-state index contributed by atoms with van der Waals surface area (Å²) < 4.78 is 102. The molecule has 1 aromatic carbocycles. The number of primary sulfonamides is 1. The highest BCUT2D eigenvalue weighted by Gasteiger charge is 2.34. The lowest BCUT2D eigenvalue weighted by Gasteiger charge is -2.12. The number of sulfonamides is 1. The van der Waals surface area contributed by atoms with Gasteiger partial charge in [-0.15, -0.1) is 0 Å². The monoisotopic (exact) mass is 520 g/mol. The van der Waals surface area contributed by atoms with Crippen LogP contribution in [0.25, 0.3) is 27.9 Å². The van der Waals surface area contributed by atoms with E-state index in [1.54, 1.807) is 0 Å². The van der Waals surface area contributed by atoms with Gasteiger partial charge in [-0.05, 0) is 18.2 Å². The normalized spacial score (nSPS) is 12.8. The van der Waals surface area contributed by atoms with Gasteiger partial charge in [0.2, 0.25) is 16.0 Å². The minimum Gasteiger partial charge on any atom is -0.274 e. The summed E-state index contributed by atoms with van der Waals surface area (Å²) in [6.45, 7) is 0. The fourth-order valence-electron chi connectivity index (χ4n) is 2.72. The van der Waals surface area contributed by atoms with Crippen LogP contribution in [0.2, 0.25) is 0 Å². The number of halogens is 6. The van der Waals surface area contributed by atoms with Crippen molar-refractivity contribution >= 4 is 21.4 Å². The topological polar surface area (TPSA) is 117 Å². The van der Waals surface area contributed by atoms with Crippen LogP contribution in [-0.4, -0.2) is 32.9 Å². The van der Waals surface area contributed by atoms with Crippen molar-refractivity contribution in [2.75, 3.05) is 0 Å². The number of nitrogens with two attached hydrogens (primary N) is 1. The quantitative estimate of drug-likeness (QED) is 0.405. The maximum atomic E-state index is 13.4. The number of imidazole rings is 1. The summed E-state index contributed by atoms with van der Waals surface area (Å²) in [4.78, 5) is 15.4. The fraction of sp³-hybridized carbons (Fsp3) is 0.111. The summed E-state index contributed by atoms with van der Waals surface area (Å²) >= 11 is 0.700. The first-order valence-electron chi connectivity index (χ1n) is 8.89. The van der Waals surface area contributed by atoms with Crippen molar-refractivity contribution in [3.8, 4) is 27.9 Å². The van der Waals surface area contributed by atoms with Crippen molar-refractivity contribution in [3.63, 3.8) is 0 Å². The molecule has 4 aromatic rings. The average Bonchev–Trinajstić information content (AvgIpc) is 3.42. The number of nitrogens with zero attached hydrogens (tertiary/aromatic N) is 5. The number of benzene rings is 1. The van der Waals surface area contributed by atoms with Gasteiger partial charge in [-0.25, -0.2) is 33.5 Å². The van der Waals surface area contributed by atoms with E-state index in [2.05, 4.69) is 19.9 Å². The first-order chi connectivity index (χ1) is 15.7. The zero-order chi connectivity index (χ0) is 24.9. The van der Waals surface area contributed by atoms with Crippen molar-refractivity contribution in [1.82, 2.24) is 24.5 Å². The maximum Gasteiger partial charge on any atom is 0.433 e. The van der Waals surface area contributed by atoms with Crippen molar-refractivity contribution in [3.05, 3.63) is 60.3 Å². The molecular weight excluding hydrogens is 510 g/mol. The van der Waals surface area contributed by atoms with Gasteiger partial charge in [0.1, 0.15) is 17.0 Å². The SMILES string of the molecule is NS(=O)(=O)c1cnc(-c2cn(-c3nc(-c4ccc(C(F)(F)F)cc4)cc(C(F)(F)F)n3)cn2)s1. The zero-order valence-electron chi connectivity index (χ0n) is 16.3. The van der Waals surface area contributed by atoms with E-state index >= 15 is 0 Å². The molecule has 0 spiro atoms. The highest BCUT2D eigenvalue weighted by molar-refractivity contribution is 7.91. The summed E-state index contributed by atoms with van der Waals surface area (Å²) in [5.41, 5.74) is -2.46. The number of aromatic nitrogens is 5. The molecule has 178 valence electrons. The van der Waals surface area contributed by atoms with Crippen LogP contribution in [0.4, 0.5) is 26.3 Å². The molecule has 3 aromatic heterocycles. The van der Waals surface area contributed by atoms with Gasteiger partial charge in [-0.3, -0.25) is 4.57 Å². The summed E-state index contributed by atoms with van der Waals surface area (Å²) in [5.74, 6) is -0.466. The molecule has 34 heavy (non-hydrogen) atoms. The predicted molar refractivity (Wildman–Crippen MR) is 107 cm³/mol. The van der Waals surface area contributed by atoms with E-state index in [-0.39, 0.29) is 26.2 Å². The molecule has 8 nitrogen and oxygen atoms in total. The standard InChI is InChI=1S/C18H10F6N6O2S2/c19-17(20,21)10-3-1-9(2-4-10)11-5-13(18(22,23)24)29-16(28-11)30-7-12(27-8-30)15-26-6-14(33-15)34(25,31)32/h1-8H,(H2,25,31,32). The summed E-state index contributed by atoms with van der Waals surface area (Å²) in [6, 6.07) is 4.07. The Morgan fingerprint density at radius 2 is 1.59 bits per heavy atom. The van der Waals surface area contributed by atoms with Crippen molar-refractivity contribution in [2.45, 2.75) is 16.6 Å². The van der Waals surface area contributed by atoms with Crippen LogP contribution in [0.15, 0.2) is 53.3 Å². The average molecular weight is 520 g/mol. The number of alkyl halides is 6. The zero-order valence-corrected chi connectivity index (χ0v) is 18.0. The van der Waals surface area contributed by atoms with Crippen molar-refractivity contribution in [1.29, 1.82) is 0 Å². The largest absolute Gasteiger partial charge is 0.433 e. The van der Waals surface area contributed by atoms with Crippen LogP contribution < -0.4 is 5.14 Å². The molecular formula is C18H10F6N6O2S2. The van der Waals surface area contributed by atoms with Crippen LogP contribution in [0.5, 0.6) is 0 Å². The smallest absolute Gasteiger partial charge is 0.274 e. The Kier molecular flexibility index (Phi) is 5.69. The Balaban J connectivity index is 1.76. The van der Waals surface area contributed by atoms with Crippen LogP contribution in [0, 0.1) is 0 Å². The Morgan fingerprint density at radius 3 is 2.15 bits per heavy atom. The van der Waals surface area contributed by atoms with Gasteiger partial charge in [-0.1, -0.05) is 23.5 Å². The van der Waals surface area contributed by atoms with Gasteiger partial charge in [0, 0.05) is 11.8 Å². The van der Waals surface area contributed by atoms with E-state index in [0.29, 0.717) is 17.4 Å². The van der Waals surface area contributed by atoms with E-state index in [9.17, 15) is 34.8 Å². The first-order valence-corrected chi connectivity index (χ1v) is 11.3. The molecule has 3 heterocycles. The molecule has 0 saturated carbocycles. The van der Waals surface area contributed by atoms with Gasteiger partial charge in [0.05, 0.1) is 17.5 Å². The number of hydrogen-bond donors (Lipinski definition) is 1. The fourth-order valence-corrected chi connectivity index (χ4v) is 4.24. The Bertz CT molecular complexity index is 1460. The summed E-state index contributed by atoms with van der Waals surface area (Å²) in [5, 5.41) is 5.16. The molecule has 0 saturated heterocycles. The molecule has 0 aliphatic heterocycles. The van der Waals surface area contributed by atoms with Crippen LogP contribution in [0.3, 0.4) is 0 Å². The Morgan fingerprint density at radius 1 is 0.912 bits per heavy atom. The van der Waals surface area contributed by atoms with Gasteiger partial charge in [0.15, 0.2) is 9.90 Å². The lowest BCUT2D eigenvalue weighted by molar-refractivity contribution is -0.141. The van der Waals surface area contributed by atoms with Gasteiger partial charge in [0.25, 0.3) is 0 Å². The molecule has 0 radical (unpaired) electrons. The van der Waals surface area contributed by atoms with E-state index < -0.39 is 39.6 Å². The molecule has 0 atom stereocenters. The Hall–Kier alpha value is -3.37. The number of hydrogen-bond acceptors (Lipinski definition) is 7. The van der Waals surface area contributed by atoms with E-state index in [1.165, 1.54) is 6.20 Å². The second-order valence-corrected chi connectivity index (χ2v) is 9.53. The lowest BCUT2D eigenvalue weighted by Crippen LogP contribution is -2.12. The third kappa shape index (κ3) is 4.92. The molecule has 4 rings (SSSR count). The van der Waals surface area contributed by atoms with E-state index in [0.717, 1.165) is 41.4 Å². The molecule has 2 N–H and O–H groups in total. The number of rotatable bonds is 4. The van der Waals surface area contributed by atoms with Gasteiger partial charge < -0.3 is 0 Å². The minimum absolute atomic E-state index is 0.000191. The van der Waals surface area contributed by atoms with E-state index in [1.807, 2.05) is 0 Å². The Labute approximate surface area is 190 Å². The van der Waals surface area contributed by atoms with Crippen molar-refractivity contribution < 1.29 is 34.8 Å². The minimum atomic E-state index is -4.87. The van der Waals surface area contributed by atoms with Gasteiger partial charge in [-0.2, -0.15) is 26.3 Å².